The summed E-state index contributed by atoms with van der Waals surface area (Å²) in [5.41, 5.74) is 0.450. The molecule has 1 aliphatic heterocycles. The van der Waals surface area contributed by atoms with E-state index < -0.39 is 0 Å². The molecule has 19 heavy (non-hydrogen) atoms. The van der Waals surface area contributed by atoms with Gasteiger partial charge in [0.15, 0.2) is 0 Å². The molecule has 0 aliphatic carbocycles. The molecule has 0 fully saturated rings. The minimum atomic E-state index is -0.359. The van der Waals surface area contributed by atoms with Crippen LogP contribution in [-0.2, 0) is 13.0 Å². The van der Waals surface area contributed by atoms with Crippen LogP contribution in [0.2, 0.25) is 10.0 Å². The highest BCUT2D eigenvalue weighted by Crippen LogP contribution is 2.22. The van der Waals surface area contributed by atoms with Crippen LogP contribution in [0.4, 0.5) is 0 Å². The molecule has 6 heteroatoms. The van der Waals surface area contributed by atoms with Crippen LogP contribution in [0.3, 0.4) is 0 Å². The maximum atomic E-state index is 12.4. The molecule has 2 aromatic rings. The van der Waals surface area contributed by atoms with Gasteiger partial charge in [-0.1, -0.05) is 23.2 Å². The zero-order chi connectivity index (χ0) is 13.6. The molecule has 1 aromatic carbocycles. The van der Waals surface area contributed by atoms with Crippen molar-refractivity contribution in [3.8, 4) is 5.69 Å². The predicted octanol–water partition coefficient (Wildman–Crippen LogP) is 2.25. The molecular formula is C13H10Cl2N2O2. The van der Waals surface area contributed by atoms with Crippen LogP contribution < -0.4 is 11.2 Å². The summed E-state index contributed by atoms with van der Waals surface area (Å²) in [6.45, 7) is 0.639. The van der Waals surface area contributed by atoms with Crippen molar-refractivity contribution in [3.63, 3.8) is 0 Å². The molecule has 2 heterocycles. The van der Waals surface area contributed by atoms with E-state index in [4.69, 9.17) is 23.2 Å². The van der Waals surface area contributed by atoms with E-state index in [9.17, 15) is 9.59 Å². The summed E-state index contributed by atoms with van der Waals surface area (Å²) in [6.07, 6.45) is 1.65. The van der Waals surface area contributed by atoms with Gasteiger partial charge in [-0.15, -0.1) is 0 Å². The van der Waals surface area contributed by atoms with E-state index in [1.54, 1.807) is 16.7 Å². The first kappa shape index (κ1) is 12.5. The standard InChI is InChI=1S/C13H10Cl2N2O2/c14-8-3-4-11(10(15)6-8)17-12(18)7-9-2-1-5-16(9)13(17)19/h3-4,6-7H,1-2,5H2. The minimum absolute atomic E-state index is 0.283. The van der Waals surface area contributed by atoms with Crippen molar-refractivity contribution in [3.05, 3.63) is 60.8 Å². The van der Waals surface area contributed by atoms with Gasteiger partial charge in [0.25, 0.3) is 5.56 Å². The highest BCUT2D eigenvalue weighted by Gasteiger charge is 2.18. The lowest BCUT2D eigenvalue weighted by atomic mass is 10.3. The second-order valence-corrected chi connectivity index (χ2v) is 5.29. The van der Waals surface area contributed by atoms with Crippen molar-refractivity contribution in [1.29, 1.82) is 0 Å². The molecule has 3 rings (SSSR count). The van der Waals surface area contributed by atoms with E-state index in [2.05, 4.69) is 0 Å². The first-order chi connectivity index (χ1) is 9.08. The van der Waals surface area contributed by atoms with E-state index in [0.717, 1.165) is 23.1 Å². The smallest absolute Gasteiger partial charge is 0.297 e. The number of benzene rings is 1. The minimum Gasteiger partial charge on any atom is -0.297 e. The molecule has 0 bridgehead atoms. The molecule has 0 saturated heterocycles. The van der Waals surface area contributed by atoms with Gasteiger partial charge in [-0.05, 0) is 31.0 Å². The Morgan fingerprint density at radius 2 is 1.89 bits per heavy atom. The third-order valence-corrected chi connectivity index (χ3v) is 3.78. The molecule has 0 saturated carbocycles. The average molecular weight is 297 g/mol. The number of aryl methyl sites for hydroxylation is 1. The van der Waals surface area contributed by atoms with Gasteiger partial charge in [-0.25, -0.2) is 9.36 Å². The van der Waals surface area contributed by atoms with Crippen molar-refractivity contribution in [1.82, 2.24) is 9.13 Å². The van der Waals surface area contributed by atoms with Gasteiger partial charge in [0.05, 0.1) is 10.7 Å². The summed E-state index contributed by atoms with van der Waals surface area (Å²) in [4.78, 5) is 24.4. The Morgan fingerprint density at radius 1 is 1.11 bits per heavy atom. The quantitative estimate of drug-likeness (QED) is 0.810. The molecule has 98 valence electrons. The van der Waals surface area contributed by atoms with Gasteiger partial charge in [0.1, 0.15) is 0 Å². The van der Waals surface area contributed by atoms with E-state index in [1.165, 1.54) is 12.1 Å². The number of hydrogen-bond donors (Lipinski definition) is 0. The summed E-state index contributed by atoms with van der Waals surface area (Å²) in [5, 5.41) is 0.744. The lowest BCUT2D eigenvalue weighted by Gasteiger charge is -2.10. The van der Waals surface area contributed by atoms with Crippen molar-refractivity contribution >= 4 is 23.2 Å². The molecule has 1 aromatic heterocycles. The Hall–Kier alpha value is -1.52. The number of rotatable bonds is 1. The largest absolute Gasteiger partial charge is 0.335 e. The Balaban J connectivity index is 2.32. The van der Waals surface area contributed by atoms with Crippen molar-refractivity contribution in [2.24, 2.45) is 0 Å². The molecule has 0 unspecified atom stereocenters. The maximum absolute atomic E-state index is 12.4. The van der Waals surface area contributed by atoms with Gasteiger partial charge in [0.2, 0.25) is 0 Å². The van der Waals surface area contributed by atoms with Crippen LogP contribution in [0, 0.1) is 0 Å². The zero-order valence-electron chi connectivity index (χ0n) is 9.90. The van der Waals surface area contributed by atoms with Crippen LogP contribution >= 0.6 is 23.2 Å². The van der Waals surface area contributed by atoms with Crippen LogP contribution in [-0.4, -0.2) is 9.13 Å². The fraction of sp³-hybridized carbons (Fsp3) is 0.231. The summed E-state index contributed by atoms with van der Waals surface area (Å²) in [5.74, 6) is 0. The van der Waals surface area contributed by atoms with E-state index in [-0.39, 0.29) is 16.3 Å². The normalized spacial score (nSPS) is 13.6. The van der Waals surface area contributed by atoms with E-state index in [1.807, 2.05) is 0 Å². The third-order valence-electron chi connectivity index (χ3n) is 3.24. The second kappa shape index (κ2) is 4.54. The lowest BCUT2D eigenvalue weighted by Crippen LogP contribution is -2.38. The third kappa shape index (κ3) is 2.01. The van der Waals surface area contributed by atoms with Gasteiger partial charge in [0, 0.05) is 23.3 Å². The first-order valence-corrected chi connectivity index (χ1v) is 6.65. The monoisotopic (exact) mass is 296 g/mol. The lowest BCUT2D eigenvalue weighted by molar-refractivity contribution is 0.664. The first-order valence-electron chi connectivity index (χ1n) is 5.89. The Labute approximate surface area is 118 Å². The Bertz CT molecular complexity index is 777. The number of hydrogen-bond acceptors (Lipinski definition) is 2. The fourth-order valence-corrected chi connectivity index (χ4v) is 2.86. The van der Waals surface area contributed by atoms with Gasteiger partial charge >= 0.3 is 5.69 Å². The fourth-order valence-electron chi connectivity index (χ4n) is 2.37. The predicted molar refractivity (Wildman–Crippen MR) is 74.6 cm³/mol. The number of aromatic nitrogens is 2. The van der Waals surface area contributed by atoms with E-state index >= 15 is 0 Å². The molecule has 0 spiro atoms. The van der Waals surface area contributed by atoms with Crippen molar-refractivity contribution in [2.45, 2.75) is 19.4 Å². The topological polar surface area (TPSA) is 44.0 Å². The molecular weight excluding hydrogens is 287 g/mol. The van der Waals surface area contributed by atoms with Gasteiger partial charge in [-0.3, -0.25) is 9.36 Å². The Kier molecular flexibility index (Phi) is 2.99. The van der Waals surface area contributed by atoms with Crippen LogP contribution in [0.25, 0.3) is 5.69 Å². The molecule has 0 amide bonds. The summed E-state index contributed by atoms with van der Waals surface area (Å²) >= 11 is 11.9. The zero-order valence-corrected chi connectivity index (χ0v) is 11.4. The number of halogens is 2. The molecule has 1 aliphatic rings. The van der Waals surface area contributed by atoms with Crippen molar-refractivity contribution < 1.29 is 0 Å². The van der Waals surface area contributed by atoms with Gasteiger partial charge < -0.3 is 0 Å². The van der Waals surface area contributed by atoms with Crippen LogP contribution in [0.15, 0.2) is 33.9 Å². The average Bonchev–Trinajstić information content (AvgIpc) is 2.80. The molecule has 0 atom stereocenters. The number of fused-ring (bicyclic) bond motifs is 1. The highest BCUT2D eigenvalue weighted by molar-refractivity contribution is 6.35. The van der Waals surface area contributed by atoms with Crippen molar-refractivity contribution in [2.75, 3.05) is 0 Å². The maximum Gasteiger partial charge on any atom is 0.335 e. The summed E-state index contributed by atoms with van der Waals surface area (Å²) in [6, 6.07) is 6.20. The van der Waals surface area contributed by atoms with Crippen LogP contribution in [0.5, 0.6) is 0 Å². The van der Waals surface area contributed by atoms with E-state index in [0.29, 0.717) is 17.3 Å². The number of nitrogens with zero attached hydrogens (tertiary/aromatic N) is 2. The SMILES string of the molecule is O=c1cc2n(c(=O)n1-c1ccc(Cl)cc1Cl)CCC2. The molecule has 0 radical (unpaired) electrons. The Morgan fingerprint density at radius 3 is 2.63 bits per heavy atom. The summed E-state index contributed by atoms with van der Waals surface area (Å²) in [7, 11) is 0. The second-order valence-electron chi connectivity index (χ2n) is 4.44. The van der Waals surface area contributed by atoms with Gasteiger partial charge in [-0.2, -0.15) is 0 Å². The highest BCUT2D eigenvalue weighted by atomic mass is 35.5. The molecule has 4 nitrogen and oxygen atoms in total. The molecule has 0 N–H and O–H groups in total. The van der Waals surface area contributed by atoms with Crippen LogP contribution in [0.1, 0.15) is 12.1 Å². The summed E-state index contributed by atoms with van der Waals surface area (Å²) < 4.78 is 2.71.